The maximum absolute atomic E-state index is 12.6. The van der Waals surface area contributed by atoms with Crippen molar-refractivity contribution in [3.8, 4) is 0 Å². The topological polar surface area (TPSA) is 55.6 Å². The third-order valence-electron chi connectivity index (χ3n) is 3.93. The molecule has 1 aliphatic heterocycles. The van der Waals surface area contributed by atoms with Crippen LogP contribution in [0.4, 0.5) is 0 Å². The van der Waals surface area contributed by atoms with Crippen LogP contribution in [-0.4, -0.2) is 43.4 Å². The summed E-state index contributed by atoms with van der Waals surface area (Å²) in [6.07, 6.45) is 2.05. The number of benzene rings is 1. The summed E-state index contributed by atoms with van der Waals surface area (Å²) in [7, 11) is 1.82. The number of nitrogens with two attached hydrogens (primary N) is 1. The first-order valence-corrected chi connectivity index (χ1v) is 7.91. The predicted octanol–water partition coefficient (Wildman–Crippen LogP) is 1.73. The molecule has 0 aliphatic carbocycles. The Morgan fingerprint density at radius 2 is 2.15 bits per heavy atom. The van der Waals surface area contributed by atoms with Crippen LogP contribution in [0.15, 0.2) is 29.2 Å². The molecule has 2 rings (SSSR count). The van der Waals surface area contributed by atoms with E-state index in [0.717, 1.165) is 5.56 Å². The van der Waals surface area contributed by atoms with Crippen LogP contribution >= 0.6 is 11.8 Å². The van der Waals surface area contributed by atoms with Gasteiger partial charge in [0.15, 0.2) is 0 Å². The molecule has 1 saturated heterocycles. The van der Waals surface area contributed by atoms with Crippen molar-refractivity contribution in [2.45, 2.75) is 24.4 Å². The van der Waals surface area contributed by atoms with Gasteiger partial charge in [-0.2, -0.15) is 0 Å². The molecule has 2 atom stereocenters. The molecule has 0 bridgehead atoms. The van der Waals surface area contributed by atoms with Gasteiger partial charge in [-0.3, -0.25) is 4.79 Å². The summed E-state index contributed by atoms with van der Waals surface area (Å²) in [6.45, 7) is 3.34. The first-order chi connectivity index (χ1) is 9.47. The summed E-state index contributed by atoms with van der Waals surface area (Å²) in [5.41, 5.74) is 6.52. The van der Waals surface area contributed by atoms with Gasteiger partial charge in [0.05, 0.1) is 18.6 Å². The number of hydrogen-bond acceptors (Lipinski definition) is 4. The lowest BCUT2D eigenvalue weighted by Crippen LogP contribution is -2.50. The highest BCUT2D eigenvalue weighted by Gasteiger charge is 2.45. The van der Waals surface area contributed by atoms with Crippen LogP contribution in [-0.2, 0) is 16.1 Å². The molecule has 0 saturated carbocycles. The van der Waals surface area contributed by atoms with Gasteiger partial charge in [0.2, 0.25) is 5.91 Å². The number of carbonyl (C=O) groups excluding carboxylic acids is 1. The Kier molecular flexibility index (Phi) is 4.73. The molecule has 0 radical (unpaired) electrons. The Morgan fingerprint density at radius 1 is 1.50 bits per heavy atom. The fourth-order valence-corrected chi connectivity index (χ4v) is 2.83. The fourth-order valence-electron chi connectivity index (χ4n) is 2.42. The summed E-state index contributed by atoms with van der Waals surface area (Å²) in [4.78, 5) is 15.5. The first kappa shape index (κ1) is 15.4. The highest BCUT2D eigenvalue weighted by atomic mass is 32.2. The fraction of sp³-hybridized carbons (Fsp3) is 0.533. The Bertz CT molecular complexity index is 477. The maximum Gasteiger partial charge on any atom is 0.232 e. The van der Waals surface area contributed by atoms with Gasteiger partial charge in [-0.15, -0.1) is 11.8 Å². The highest BCUT2D eigenvalue weighted by molar-refractivity contribution is 7.98. The van der Waals surface area contributed by atoms with Crippen LogP contribution in [0.3, 0.4) is 0 Å². The number of amides is 1. The summed E-state index contributed by atoms with van der Waals surface area (Å²) >= 11 is 1.71. The average molecular weight is 294 g/mol. The van der Waals surface area contributed by atoms with Crippen LogP contribution in [0.1, 0.15) is 12.5 Å². The second-order valence-electron chi connectivity index (χ2n) is 5.55. The quantitative estimate of drug-likeness (QED) is 0.859. The molecular formula is C15H22N2O2S. The minimum atomic E-state index is -0.603. The van der Waals surface area contributed by atoms with Gasteiger partial charge in [-0.1, -0.05) is 12.1 Å². The average Bonchev–Trinajstić information content (AvgIpc) is 2.79. The molecule has 5 heteroatoms. The summed E-state index contributed by atoms with van der Waals surface area (Å²) in [6, 6.07) is 8.04. The Morgan fingerprint density at radius 3 is 2.65 bits per heavy atom. The zero-order chi connectivity index (χ0) is 14.8. The Balaban J connectivity index is 2.03. The monoisotopic (exact) mass is 294 g/mol. The molecule has 1 aromatic rings. The second-order valence-corrected chi connectivity index (χ2v) is 6.43. The van der Waals surface area contributed by atoms with Crippen LogP contribution in [0, 0.1) is 5.41 Å². The van der Waals surface area contributed by atoms with Crippen molar-refractivity contribution in [3.63, 3.8) is 0 Å². The van der Waals surface area contributed by atoms with Crippen molar-refractivity contribution in [1.82, 2.24) is 4.90 Å². The molecule has 1 fully saturated rings. The van der Waals surface area contributed by atoms with Crippen LogP contribution in [0.5, 0.6) is 0 Å². The molecule has 0 spiro atoms. The smallest absolute Gasteiger partial charge is 0.232 e. The lowest BCUT2D eigenvalue weighted by Gasteiger charge is -2.30. The largest absolute Gasteiger partial charge is 0.379 e. The zero-order valence-electron chi connectivity index (χ0n) is 12.3. The van der Waals surface area contributed by atoms with Gasteiger partial charge in [0, 0.05) is 24.5 Å². The number of nitrogens with zero attached hydrogens (tertiary/aromatic N) is 1. The standard InChI is InChI=1S/C15H22N2O2S/c1-15(10-19-9-13(15)16)14(18)17(2)8-11-4-6-12(20-3)7-5-11/h4-7,13H,8-10,16H2,1-3H3. The normalized spacial score (nSPS) is 25.7. The third-order valence-corrected chi connectivity index (χ3v) is 4.68. The number of thioether (sulfide) groups is 1. The van der Waals surface area contributed by atoms with Gasteiger partial charge >= 0.3 is 0 Å². The summed E-state index contributed by atoms with van der Waals surface area (Å²) in [5.74, 6) is 0.0523. The highest BCUT2D eigenvalue weighted by Crippen LogP contribution is 2.29. The van der Waals surface area contributed by atoms with Gasteiger partial charge < -0.3 is 15.4 Å². The molecule has 2 N–H and O–H groups in total. The van der Waals surface area contributed by atoms with E-state index in [1.54, 1.807) is 16.7 Å². The van der Waals surface area contributed by atoms with E-state index in [9.17, 15) is 4.79 Å². The zero-order valence-corrected chi connectivity index (χ0v) is 13.1. The summed E-state index contributed by atoms with van der Waals surface area (Å²) in [5, 5.41) is 0. The van der Waals surface area contributed by atoms with Crippen LogP contribution in [0.25, 0.3) is 0 Å². The molecule has 1 aromatic carbocycles. The first-order valence-electron chi connectivity index (χ1n) is 6.69. The molecule has 20 heavy (non-hydrogen) atoms. The van der Waals surface area contributed by atoms with Gasteiger partial charge in [-0.25, -0.2) is 0 Å². The Labute approximate surface area is 124 Å². The van der Waals surface area contributed by atoms with Crippen LogP contribution in [0.2, 0.25) is 0 Å². The molecule has 110 valence electrons. The van der Waals surface area contributed by atoms with Crippen molar-refractivity contribution < 1.29 is 9.53 Å². The van der Waals surface area contributed by atoms with Gasteiger partial charge in [-0.05, 0) is 30.9 Å². The molecule has 1 heterocycles. The second kappa shape index (κ2) is 6.16. The number of rotatable bonds is 4. The van der Waals surface area contributed by atoms with Crippen molar-refractivity contribution in [2.24, 2.45) is 11.1 Å². The van der Waals surface area contributed by atoms with E-state index in [1.165, 1.54) is 4.90 Å². The predicted molar refractivity (Wildman–Crippen MR) is 81.6 cm³/mol. The van der Waals surface area contributed by atoms with E-state index >= 15 is 0 Å². The number of hydrogen-bond donors (Lipinski definition) is 1. The minimum Gasteiger partial charge on any atom is -0.379 e. The molecule has 1 amide bonds. The van der Waals surface area contributed by atoms with Crippen molar-refractivity contribution in [1.29, 1.82) is 0 Å². The van der Waals surface area contributed by atoms with E-state index in [-0.39, 0.29) is 11.9 Å². The van der Waals surface area contributed by atoms with Gasteiger partial charge in [0.25, 0.3) is 0 Å². The van der Waals surface area contributed by atoms with Crippen molar-refractivity contribution in [2.75, 3.05) is 26.5 Å². The molecule has 2 unspecified atom stereocenters. The van der Waals surface area contributed by atoms with E-state index in [2.05, 4.69) is 24.3 Å². The maximum atomic E-state index is 12.6. The van der Waals surface area contributed by atoms with E-state index in [1.807, 2.05) is 20.2 Å². The van der Waals surface area contributed by atoms with E-state index in [0.29, 0.717) is 19.8 Å². The van der Waals surface area contributed by atoms with Crippen molar-refractivity contribution in [3.05, 3.63) is 29.8 Å². The number of carbonyl (C=O) groups is 1. The van der Waals surface area contributed by atoms with Crippen LogP contribution < -0.4 is 5.73 Å². The molecular weight excluding hydrogens is 272 g/mol. The van der Waals surface area contributed by atoms with Gasteiger partial charge in [0.1, 0.15) is 0 Å². The molecule has 0 aromatic heterocycles. The molecule has 4 nitrogen and oxygen atoms in total. The lowest BCUT2D eigenvalue weighted by atomic mass is 9.84. The molecule has 1 aliphatic rings. The SMILES string of the molecule is CSc1ccc(CN(C)C(=O)C2(C)COCC2N)cc1. The van der Waals surface area contributed by atoms with Crippen molar-refractivity contribution >= 4 is 17.7 Å². The minimum absolute atomic E-state index is 0.0523. The number of ether oxygens (including phenoxy) is 1. The van der Waals surface area contributed by atoms with E-state index < -0.39 is 5.41 Å². The third kappa shape index (κ3) is 3.00. The Hall–Kier alpha value is -1.04. The van der Waals surface area contributed by atoms with E-state index in [4.69, 9.17) is 10.5 Å². The lowest BCUT2D eigenvalue weighted by molar-refractivity contribution is -0.140. The summed E-state index contributed by atoms with van der Waals surface area (Å²) < 4.78 is 5.35.